The molecule has 0 aliphatic carbocycles. The minimum Gasteiger partial charge on any atom is -0.391 e. The zero-order chi connectivity index (χ0) is 64.1. The van der Waals surface area contributed by atoms with Crippen LogP contribution in [0.2, 0.25) is 0 Å². The number of benzene rings is 1. The number of imide groups is 1. The number of hydrogen-bond donors (Lipinski definition) is 6. The summed E-state index contributed by atoms with van der Waals surface area (Å²) in [6, 6.07) is 7.77. The minimum absolute atomic E-state index is 0.0160. The highest BCUT2D eigenvalue weighted by molar-refractivity contribution is 8.00. The molecular formula is C66H92N6O18S. The SMILES string of the molecule is C=C1C[C@@H]2CC[C@@]34C[C@H]5O[C@@H]6C(O[C@H]7CC[C@H](CC(=O)C[C@@H]8[C@@H](OC)[C@@H](C[C@H](O)CNC(=O)CNC(=O)[C@H](Cc9ccccc9)NC(=O)CNC(=O)CNC(=O)CCCCCN9C(=O)CC(SC)C9=O)O[C@H]8C[C@H]8O[C@@H](CC[C@@H]1O2)C[C@@H](C)C8=C)O[C@@H]7[C@@H]6O3)[C@H]5O4. The number of amides is 7. The van der Waals surface area contributed by atoms with Crippen molar-refractivity contribution in [1.29, 1.82) is 0 Å². The highest BCUT2D eigenvalue weighted by atomic mass is 32.2. The number of aliphatic hydroxyl groups excluding tert-OH is 1. The molecular weight excluding hydrogens is 1200 g/mol. The van der Waals surface area contributed by atoms with Crippen molar-refractivity contribution in [3.63, 3.8) is 0 Å². The standard InChI is InChI=1S/C66H92N6O18S/c1-35-22-41-15-17-46-36(2)23-43(83-46)19-20-66-30-51-60(89-66)61-62(88-51)63(90-66)59-47(87-61)18-16-42(85-59)25-39(73)26-44-49(28-48(84-41)37(35)3)86-50(58(44)82-4)27-40(74)31-67-55(77)33-70-64(80)45(24-38-12-8-6-9-13-38)71-56(78)34-69-54(76)32-68-53(75)14-10-7-11-21-72-57(79)29-52(91-5)65(72)81/h6,8-9,12-13,35,40-52,58-63,74H,2-3,7,10-11,14-34H2,1,4-5H3,(H,67,77)(H,68,75)(H,69,76)(H,70,80)(H,71,78)/t35-,40+,41+,42-,43+,44+,45+,46+,47+,48-,49+,50-,51-,52?,58-,59+,60+,61?,62-,63+,66+/m1/s1. The van der Waals surface area contributed by atoms with Crippen LogP contribution in [0.4, 0.5) is 0 Å². The summed E-state index contributed by atoms with van der Waals surface area (Å²) in [7, 11) is 1.57. The van der Waals surface area contributed by atoms with Crippen LogP contribution in [0.1, 0.15) is 128 Å². The molecule has 0 saturated carbocycles. The van der Waals surface area contributed by atoms with Gasteiger partial charge in [-0.2, -0.15) is 11.8 Å². The van der Waals surface area contributed by atoms with Gasteiger partial charge in [-0.3, -0.25) is 43.3 Å². The third kappa shape index (κ3) is 16.1. The van der Waals surface area contributed by atoms with Crippen molar-refractivity contribution >= 4 is 58.9 Å². The van der Waals surface area contributed by atoms with E-state index in [9.17, 15) is 43.5 Å². The zero-order valence-corrected chi connectivity index (χ0v) is 53.4. The maximum Gasteiger partial charge on any atom is 0.243 e. The van der Waals surface area contributed by atoms with Crippen LogP contribution in [0.3, 0.4) is 0 Å². The Kier molecular flexibility index (Phi) is 22.2. The van der Waals surface area contributed by atoms with Crippen LogP contribution in [0.5, 0.6) is 0 Å². The molecule has 11 heterocycles. The lowest BCUT2D eigenvalue weighted by Gasteiger charge is -2.47. The van der Waals surface area contributed by atoms with Gasteiger partial charge in [0.2, 0.25) is 41.4 Å². The van der Waals surface area contributed by atoms with E-state index in [0.29, 0.717) is 63.5 Å². The summed E-state index contributed by atoms with van der Waals surface area (Å²) >= 11 is 1.35. The lowest BCUT2D eigenvalue weighted by atomic mass is 9.81. The normalized spacial score (nSPS) is 36.7. The van der Waals surface area contributed by atoms with Gasteiger partial charge in [0.1, 0.15) is 42.3 Å². The van der Waals surface area contributed by atoms with Crippen LogP contribution >= 0.6 is 11.8 Å². The molecule has 12 bridgehead atoms. The van der Waals surface area contributed by atoms with Crippen LogP contribution in [-0.2, 0) is 87.4 Å². The van der Waals surface area contributed by atoms with Gasteiger partial charge < -0.3 is 74.3 Å². The topological polar surface area (TPSA) is 303 Å². The summed E-state index contributed by atoms with van der Waals surface area (Å²) in [4.78, 5) is 106. The molecule has 11 saturated heterocycles. The average Bonchev–Trinajstić information content (AvgIpc) is 1.56. The molecule has 6 N–H and O–H groups in total. The number of nitrogens with zero attached hydrogens (tertiary/aromatic N) is 1. The van der Waals surface area contributed by atoms with Crippen molar-refractivity contribution in [2.24, 2.45) is 11.8 Å². The molecule has 1 aromatic rings. The van der Waals surface area contributed by atoms with Crippen LogP contribution in [-0.4, -0.2) is 218 Å². The predicted molar refractivity (Wildman–Crippen MR) is 328 cm³/mol. The van der Waals surface area contributed by atoms with Gasteiger partial charge in [-0.05, 0) is 86.7 Å². The fraction of sp³-hybridized carbons (Fsp3) is 0.727. The van der Waals surface area contributed by atoms with Gasteiger partial charge in [0, 0.05) is 83.9 Å². The molecule has 0 aromatic heterocycles. The fourth-order valence-corrected chi connectivity index (χ4v) is 16.1. The summed E-state index contributed by atoms with van der Waals surface area (Å²) in [6.07, 6.45) is 4.84. The molecule has 24 nitrogen and oxygen atoms in total. The minimum atomic E-state index is -1.15. The predicted octanol–water partition coefficient (Wildman–Crippen LogP) is 2.72. The first-order valence-corrected chi connectivity index (χ1v) is 34.3. The highest BCUT2D eigenvalue weighted by Gasteiger charge is 2.69. The number of methoxy groups -OCH3 is 1. The Hall–Kier alpha value is -5.19. The van der Waals surface area contributed by atoms with E-state index in [1.54, 1.807) is 43.7 Å². The maximum absolute atomic E-state index is 14.5. The van der Waals surface area contributed by atoms with Gasteiger partial charge in [0.25, 0.3) is 0 Å². The number of rotatable bonds is 22. The average molecular weight is 1290 g/mol. The van der Waals surface area contributed by atoms with Crippen LogP contribution in [0.25, 0.3) is 0 Å². The number of likely N-dealkylation sites (tertiary alicyclic amines) is 1. The number of carbonyl (C=O) groups is 8. The Morgan fingerprint density at radius 3 is 2.22 bits per heavy atom. The Morgan fingerprint density at radius 2 is 1.43 bits per heavy atom. The Morgan fingerprint density at radius 1 is 0.714 bits per heavy atom. The molecule has 11 aliphatic heterocycles. The van der Waals surface area contributed by atoms with E-state index < -0.39 is 97.2 Å². The molecule has 1 spiro atoms. The first-order valence-electron chi connectivity index (χ1n) is 33.0. The molecule has 1 aromatic carbocycles. The van der Waals surface area contributed by atoms with E-state index in [4.69, 9.17) is 42.6 Å². The number of fused-ring (bicyclic) bond motifs is 6. The summed E-state index contributed by atoms with van der Waals surface area (Å²) in [5.41, 5.74) is 2.74. The second-order valence-corrected chi connectivity index (χ2v) is 27.7. The van der Waals surface area contributed by atoms with Crippen molar-refractivity contribution < 1.29 is 86.1 Å². The third-order valence-corrected chi connectivity index (χ3v) is 21.2. The Bertz CT molecular complexity index is 2850. The van der Waals surface area contributed by atoms with Gasteiger partial charge in [-0.15, -0.1) is 0 Å². The van der Waals surface area contributed by atoms with Crippen LogP contribution in [0, 0.1) is 11.8 Å². The molecule has 12 rings (SSSR count). The lowest BCUT2D eigenvalue weighted by molar-refractivity contribution is -0.292. The van der Waals surface area contributed by atoms with Crippen molar-refractivity contribution in [1.82, 2.24) is 31.5 Å². The number of ketones is 1. The van der Waals surface area contributed by atoms with E-state index in [2.05, 4.69) is 46.7 Å². The van der Waals surface area contributed by atoms with Gasteiger partial charge in [0.15, 0.2) is 5.79 Å². The van der Waals surface area contributed by atoms with E-state index in [1.165, 1.54) is 16.7 Å². The van der Waals surface area contributed by atoms with Gasteiger partial charge in [-0.1, -0.05) is 56.8 Å². The fourth-order valence-electron chi connectivity index (χ4n) is 15.5. The number of aliphatic hydroxyl groups is 1. The van der Waals surface area contributed by atoms with Crippen LogP contribution < -0.4 is 26.6 Å². The number of nitrogens with one attached hydrogen (secondary N) is 5. The van der Waals surface area contributed by atoms with Crippen molar-refractivity contribution in [3.05, 3.63) is 60.2 Å². The second kappa shape index (κ2) is 30.0. The van der Waals surface area contributed by atoms with Crippen LogP contribution in [0.15, 0.2) is 54.6 Å². The number of thioether (sulfide) groups is 1. The number of carbonyl (C=O) groups excluding carboxylic acids is 8. The second-order valence-electron chi connectivity index (χ2n) is 26.7. The van der Waals surface area contributed by atoms with Gasteiger partial charge in [-0.25, -0.2) is 0 Å². The lowest BCUT2D eigenvalue weighted by Crippen LogP contribution is -2.61. The summed E-state index contributed by atoms with van der Waals surface area (Å²) in [5.74, 6) is -4.51. The van der Waals surface area contributed by atoms with Crippen molar-refractivity contribution in [3.8, 4) is 0 Å². The number of unbranched alkanes of at least 4 members (excludes halogenated alkanes) is 2. The quantitative estimate of drug-likeness (QED) is 0.0552. The molecule has 11 aliphatic rings. The number of hydrogen-bond acceptors (Lipinski definition) is 19. The van der Waals surface area contributed by atoms with E-state index in [0.717, 1.165) is 43.3 Å². The maximum atomic E-state index is 14.5. The molecule has 21 atom stereocenters. The third-order valence-electron chi connectivity index (χ3n) is 20.3. The monoisotopic (exact) mass is 1290 g/mol. The van der Waals surface area contributed by atoms with Gasteiger partial charge in [0.05, 0.1) is 92.0 Å². The van der Waals surface area contributed by atoms with E-state index in [-0.39, 0.29) is 141 Å². The highest BCUT2D eigenvalue weighted by Crippen LogP contribution is 2.54. The summed E-state index contributed by atoms with van der Waals surface area (Å²) in [5, 5.41) is 24.1. The first kappa shape index (κ1) is 67.2. The smallest absolute Gasteiger partial charge is 0.243 e. The molecule has 25 heteroatoms. The molecule has 7 amide bonds. The Balaban J connectivity index is 0.669. The van der Waals surface area contributed by atoms with Gasteiger partial charge >= 0.3 is 0 Å². The van der Waals surface area contributed by atoms with Crippen molar-refractivity contribution in [2.45, 2.75) is 244 Å². The summed E-state index contributed by atoms with van der Waals surface area (Å²) in [6.45, 7) is 9.84. The van der Waals surface area contributed by atoms with E-state index in [1.807, 2.05) is 0 Å². The molecule has 91 heavy (non-hydrogen) atoms. The number of ether oxygens (including phenoxy) is 9. The molecule has 0 radical (unpaired) electrons. The largest absolute Gasteiger partial charge is 0.391 e. The number of Topliss-reactive ketones (excluding diaryl/α,β-unsaturated/α-hetero) is 1. The van der Waals surface area contributed by atoms with E-state index >= 15 is 0 Å². The summed E-state index contributed by atoms with van der Waals surface area (Å²) < 4.78 is 60.8. The molecule has 11 fully saturated rings. The molecule has 2 unspecified atom stereocenters. The molecule has 500 valence electrons. The zero-order valence-electron chi connectivity index (χ0n) is 52.6. The Labute approximate surface area is 536 Å². The van der Waals surface area contributed by atoms with Crippen molar-refractivity contribution in [2.75, 3.05) is 46.1 Å². The first-order chi connectivity index (χ1) is 43.8.